The van der Waals surface area contributed by atoms with Crippen LogP contribution in [0.4, 0.5) is 11.4 Å². The van der Waals surface area contributed by atoms with Gasteiger partial charge in [-0.15, -0.1) is 0 Å². The molecule has 0 spiro atoms. The molecule has 0 saturated heterocycles. The van der Waals surface area contributed by atoms with E-state index in [9.17, 15) is 9.59 Å². The molecule has 2 aromatic carbocycles. The normalized spacial score (nSPS) is 19.1. The van der Waals surface area contributed by atoms with Gasteiger partial charge in [0.1, 0.15) is 0 Å². The molecule has 1 amide bonds. The first-order valence-electron chi connectivity index (χ1n) is 9.99. The Hall–Kier alpha value is -2.88. The van der Waals surface area contributed by atoms with Gasteiger partial charge in [0.2, 0.25) is 5.91 Å². The Labute approximate surface area is 166 Å². The van der Waals surface area contributed by atoms with Gasteiger partial charge in [-0.05, 0) is 37.5 Å². The minimum Gasteiger partial charge on any atom is -0.357 e. The smallest absolute Gasteiger partial charge is 0.230 e. The van der Waals surface area contributed by atoms with Crippen LogP contribution in [0.2, 0.25) is 0 Å². The maximum absolute atomic E-state index is 13.4. The van der Waals surface area contributed by atoms with Crippen molar-refractivity contribution in [3.8, 4) is 0 Å². The van der Waals surface area contributed by atoms with Crippen LogP contribution in [-0.2, 0) is 9.59 Å². The molecule has 0 aromatic heterocycles. The molecular formula is C24H26N2O2. The molecule has 0 bridgehead atoms. The van der Waals surface area contributed by atoms with Crippen molar-refractivity contribution in [2.45, 2.75) is 46.1 Å². The second-order valence-corrected chi connectivity index (χ2v) is 7.99. The summed E-state index contributed by atoms with van der Waals surface area (Å²) < 4.78 is 0. The third-order valence-corrected chi connectivity index (χ3v) is 5.56. The molecule has 1 atom stereocenters. The van der Waals surface area contributed by atoms with Gasteiger partial charge in [-0.3, -0.25) is 14.5 Å². The summed E-state index contributed by atoms with van der Waals surface area (Å²) in [6.45, 7) is 5.86. The molecule has 0 radical (unpaired) electrons. The zero-order valence-corrected chi connectivity index (χ0v) is 16.7. The highest BCUT2D eigenvalue weighted by molar-refractivity contribution is 6.06. The van der Waals surface area contributed by atoms with E-state index < -0.39 is 6.04 Å². The van der Waals surface area contributed by atoms with Crippen molar-refractivity contribution < 1.29 is 9.59 Å². The van der Waals surface area contributed by atoms with Gasteiger partial charge in [0.05, 0.1) is 17.4 Å². The predicted octanol–water partition coefficient (Wildman–Crippen LogP) is 5.16. The van der Waals surface area contributed by atoms with Gasteiger partial charge in [0, 0.05) is 23.6 Å². The number of anilines is 2. The molecule has 4 heteroatoms. The number of nitrogens with zero attached hydrogens (tertiary/aromatic N) is 1. The van der Waals surface area contributed by atoms with Crippen molar-refractivity contribution >= 4 is 23.1 Å². The number of amides is 1. The first-order chi connectivity index (χ1) is 13.5. The van der Waals surface area contributed by atoms with E-state index in [0.29, 0.717) is 6.42 Å². The molecular weight excluding hydrogens is 348 g/mol. The lowest BCUT2D eigenvalue weighted by Gasteiger charge is -2.35. The number of para-hydroxylation sites is 2. The van der Waals surface area contributed by atoms with Crippen molar-refractivity contribution in [3.63, 3.8) is 0 Å². The fourth-order valence-corrected chi connectivity index (χ4v) is 4.12. The lowest BCUT2D eigenvalue weighted by atomic mass is 9.85. The topological polar surface area (TPSA) is 49.4 Å². The van der Waals surface area contributed by atoms with Gasteiger partial charge in [0.15, 0.2) is 5.78 Å². The van der Waals surface area contributed by atoms with E-state index in [-0.39, 0.29) is 17.6 Å². The first-order valence-corrected chi connectivity index (χ1v) is 9.99. The predicted molar refractivity (Wildman–Crippen MR) is 112 cm³/mol. The number of allylic oxidation sites excluding steroid dienone is 1. The Kier molecular flexibility index (Phi) is 4.80. The van der Waals surface area contributed by atoms with E-state index in [1.54, 1.807) is 0 Å². The van der Waals surface area contributed by atoms with Crippen LogP contribution in [0.5, 0.6) is 0 Å². The number of benzene rings is 2. The molecule has 28 heavy (non-hydrogen) atoms. The molecule has 4 rings (SSSR count). The highest BCUT2D eigenvalue weighted by Crippen LogP contribution is 2.45. The largest absolute Gasteiger partial charge is 0.357 e. The Morgan fingerprint density at radius 2 is 1.79 bits per heavy atom. The third kappa shape index (κ3) is 3.13. The number of hydrogen-bond acceptors (Lipinski definition) is 3. The summed E-state index contributed by atoms with van der Waals surface area (Å²) in [5, 5.41) is 3.49. The molecule has 4 nitrogen and oxygen atoms in total. The quantitative estimate of drug-likeness (QED) is 0.790. The molecule has 2 aromatic rings. The van der Waals surface area contributed by atoms with Gasteiger partial charge in [-0.2, -0.15) is 0 Å². The first kappa shape index (κ1) is 18.5. The fourth-order valence-electron chi connectivity index (χ4n) is 4.12. The van der Waals surface area contributed by atoms with Crippen LogP contribution in [0.1, 0.15) is 50.3 Å². The summed E-state index contributed by atoms with van der Waals surface area (Å²) in [7, 11) is 0. The van der Waals surface area contributed by atoms with Crippen molar-refractivity contribution in [1.82, 2.24) is 0 Å². The van der Waals surface area contributed by atoms with Gasteiger partial charge in [-0.1, -0.05) is 55.8 Å². The van der Waals surface area contributed by atoms with Crippen LogP contribution in [0.15, 0.2) is 59.8 Å². The van der Waals surface area contributed by atoms with E-state index >= 15 is 0 Å². The van der Waals surface area contributed by atoms with Gasteiger partial charge in [-0.25, -0.2) is 0 Å². The molecule has 0 unspecified atom stereocenters. The van der Waals surface area contributed by atoms with Crippen LogP contribution in [0.3, 0.4) is 0 Å². The van der Waals surface area contributed by atoms with Gasteiger partial charge in [0.25, 0.3) is 0 Å². The lowest BCUT2D eigenvalue weighted by Crippen LogP contribution is -2.40. The van der Waals surface area contributed by atoms with Crippen molar-refractivity contribution in [2.24, 2.45) is 5.92 Å². The molecule has 0 saturated carbocycles. The number of hydrogen-bond donors (Lipinski definition) is 1. The monoisotopic (exact) mass is 374 g/mol. The SMILES string of the molecule is Cc1ccc([C@H]2C3=C(CCCC3=O)Nc3ccccc3N2C(=O)C(C)C)cc1. The summed E-state index contributed by atoms with van der Waals surface area (Å²) in [6, 6.07) is 15.6. The summed E-state index contributed by atoms with van der Waals surface area (Å²) in [4.78, 5) is 28.3. The molecule has 2 aliphatic rings. The molecule has 0 fully saturated rings. The second-order valence-electron chi connectivity index (χ2n) is 7.99. The second kappa shape index (κ2) is 7.27. The summed E-state index contributed by atoms with van der Waals surface area (Å²) in [5.74, 6) is -0.0255. The molecule has 1 aliphatic heterocycles. The van der Waals surface area contributed by atoms with E-state index in [1.165, 1.54) is 0 Å². The van der Waals surface area contributed by atoms with Crippen LogP contribution < -0.4 is 10.2 Å². The number of nitrogens with one attached hydrogen (secondary N) is 1. The van der Waals surface area contributed by atoms with Gasteiger partial charge >= 0.3 is 0 Å². The molecule has 144 valence electrons. The van der Waals surface area contributed by atoms with Crippen LogP contribution in [0.25, 0.3) is 0 Å². The third-order valence-electron chi connectivity index (χ3n) is 5.56. The highest BCUT2D eigenvalue weighted by atomic mass is 16.2. The number of ketones is 1. The number of carbonyl (C=O) groups excluding carboxylic acids is 2. The summed E-state index contributed by atoms with van der Waals surface area (Å²) >= 11 is 0. The Bertz CT molecular complexity index is 957. The van der Waals surface area contributed by atoms with E-state index in [2.05, 4.69) is 5.32 Å². The number of rotatable bonds is 2. The number of Topliss-reactive ketones (excluding diaryl/α,β-unsaturated/α-hetero) is 1. The van der Waals surface area contributed by atoms with E-state index in [4.69, 9.17) is 0 Å². The van der Waals surface area contributed by atoms with Crippen molar-refractivity contribution in [3.05, 3.63) is 70.9 Å². The average Bonchev–Trinajstić information content (AvgIpc) is 2.83. The Balaban J connectivity index is 2.00. The minimum absolute atomic E-state index is 0.0203. The van der Waals surface area contributed by atoms with Crippen LogP contribution in [-0.4, -0.2) is 11.7 Å². The lowest BCUT2D eigenvalue weighted by molar-refractivity contribution is -0.121. The fraction of sp³-hybridized carbons (Fsp3) is 0.333. The maximum atomic E-state index is 13.4. The van der Waals surface area contributed by atoms with Crippen molar-refractivity contribution in [1.29, 1.82) is 0 Å². The van der Waals surface area contributed by atoms with E-state index in [0.717, 1.165) is 46.6 Å². The Morgan fingerprint density at radius 1 is 1.07 bits per heavy atom. The number of aryl methyl sites for hydroxylation is 1. The van der Waals surface area contributed by atoms with Crippen LogP contribution >= 0.6 is 0 Å². The number of fused-ring (bicyclic) bond motifs is 1. The Morgan fingerprint density at radius 3 is 2.50 bits per heavy atom. The van der Waals surface area contributed by atoms with Gasteiger partial charge < -0.3 is 5.32 Å². The zero-order valence-electron chi connectivity index (χ0n) is 16.7. The summed E-state index contributed by atoms with van der Waals surface area (Å²) in [6.07, 6.45) is 2.19. The molecule has 1 N–H and O–H groups in total. The average molecular weight is 374 g/mol. The minimum atomic E-state index is -0.408. The maximum Gasteiger partial charge on any atom is 0.230 e. The summed E-state index contributed by atoms with van der Waals surface area (Å²) in [5.41, 5.74) is 5.53. The van der Waals surface area contributed by atoms with Crippen molar-refractivity contribution in [2.75, 3.05) is 10.2 Å². The number of carbonyl (C=O) groups is 2. The highest BCUT2D eigenvalue weighted by Gasteiger charge is 2.39. The standard InChI is InChI=1S/C24H26N2O2/c1-15(2)24(28)26-20-9-5-4-7-18(20)25-19-8-6-10-21(27)22(19)23(26)17-13-11-16(3)12-14-17/h4-5,7,9,11-15,23,25H,6,8,10H2,1-3H3/t23-/m0/s1. The van der Waals surface area contributed by atoms with Crippen LogP contribution in [0, 0.1) is 12.8 Å². The zero-order chi connectivity index (χ0) is 19.8. The molecule has 1 aliphatic carbocycles. The van der Waals surface area contributed by atoms with E-state index in [1.807, 2.05) is 74.2 Å². The molecule has 1 heterocycles.